The number of benzene rings is 1. The second-order valence-corrected chi connectivity index (χ2v) is 5.07. The summed E-state index contributed by atoms with van der Waals surface area (Å²) in [6.07, 6.45) is 4.94. The highest BCUT2D eigenvalue weighted by Crippen LogP contribution is 2.08. The van der Waals surface area contributed by atoms with Crippen LogP contribution in [0, 0.1) is 0 Å². The second kappa shape index (κ2) is 7.15. The molecular formula is C17H23NO. The molecule has 1 aromatic heterocycles. The number of aryl methyl sites for hydroxylation is 2. The van der Waals surface area contributed by atoms with Gasteiger partial charge in [0.25, 0.3) is 0 Å². The van der Waals surface area contributed by atoms with Crippen molar-refractivity contribution in [1.82, 2.24) is 5.32 Å². The van der Waals surface area contributed by atoms with Gasteiger partial charge in [-0.25, -0.2) is 0 Å². The van der Waals surface area contributed by atoms with Gasteiger partial charge in [0.15, 0.2) is 0 Å². The van der Waals surface area contributed by atoms with E-state index in [0.29, 0.717) is 6.04 Å². The Bertz CT molecular complexity index is 459. The van der Waals surface area contributed by atoms with E-state index >= 15 is 0 Å². The Hall–Kier alpha value is -1.54. The minimum absolute atomic E-state index is 0.496. The van der Waals surface area contributed by atoms with Gasteiger partial charge in [-0.1, -0.05) is 31.2 Å². The lowest BCUT2D eigenvalue weighted by Crippen LogP contribution is -2.25. The standard InChI is InChI=1S/C17H23NO/c1-3-15-7-9-16(10-8-15)13-18-14(2)6-11-17-5-4-12-19-17/h4-5,7-10,12,14,18H,3,6,11,13H2,1-2H3. The summed E-state index contributed by atoms with van der Waals surface area (Å²) in [4.78, 5) is 0. The quantitative estimate of drug-likeness (QED) is 0.812. The van der Waals surface area contributed by atoms with E-state index in [4.69, 9.17) is 4.42 Å². The number of hydrogen-bond acceptors (Lipinski definition) is 2. The zero-order valence-corrected chi connectivity index (χ0v) is 11.9. The predicted octanol–water partition coefficient (Wildman–Crippen LogP) is 3.95. The highest BCUT2D eigenvalue weighted by atomic mass is 16.3. The molecule has 0 aliphatic carbocycles. The molecule has 1 atom stereocenters. The lowest BCUT2D eigenvalue weighted by atomic mass is 10.1. The van der Waals surface area contributed by atoms with E-state index in [-0.39, 0.29) is 0 Å². The van der Waals surface area contributed by atoms with Crippen molar-refractivity contribution in [3.05, 3.63) is 59.5 Å². The third kappa shape index (κ3) is 4.56. The van der Waals surface area contributed by atoms with Crippen molar-refractivity contribution in [1.29, 1.82) is 0 Å². The molecule has 102 valence electrons. The molecule has 0 radical (unpaired) electrons. The van der Waals surface area contributed by atoms with E-state index in [1.807, 2.05) is 12.1 Å². The van der Waals surface area contributed by atoms with E-state index in [1.165, 1.54) is 11.1 Å². The van der Waals surface area contributed by atoms with Crippen LogP contribution >= 0.6 is 0 Å². The molecule has 0 bridgehead atoms. The molecule has 0 amide bonds. The van der Waals surface area contributed by atoms with Crippen LogP contribution in [0.15, 0.2) is 47.1 Å². The molecule has 0 saturated heterocycles. The van der Waals surface area contributed by atoms with Crippen LogP contribution in [0.3, 0.4) is 0 Å². The molecule has 0 aliphatic rings. The fourth-order valence-electron chi connectivity index (χ4n) is 2.10. The number of rotatable bonds is 7. The number of nitrogens with one attached hydrogen (secondary N) is 1. The van der Waals surface area contributed by atoms with Gasteiger partial charge in [0.05, 0.1) is 6.26 Å². The first kappa shape index (κ1) is 13.9. The van der Waals surface area contributed by atoms with E-state index in [0.717, 1.165) is 31.6 Å². The van der Waals surface area contributed by atoms with E-state index in [9.17, 15) is 0 Å². The first-order valence-corrected chi connectivity index (χ1v) is 7.11. The third-order valence-corrected chi connectivity index (χ3v) is 3.49. The van der Waals surface area contributed by atoms with Gasteiger partial charge >= 0.3 is 0 Å². The zero-order chi connectivity index (χ0) is 13.5. The second-order valence-electron chi connectivity index (χ2n) is 5.07. The van der Waals surface area contributed by atoms with E-state index in [2.05, 4.69) is 43.4 Å². The molecule has 2 nitrogen and oxygen atoms in total. The largest absolute Gasteiger partial charge is 0.469 e. The summed E-state index contributed by atoms with van der Waals surface area (Å²) < 4.78 is 5.34. The van der Waals surface area contributed by atoms with Gasteiger partial charge in [0, 0.05) is 19.0 Å². The lowest BCUT2D eigenvalue weighted by Gasteiger charge is -2.13. The van der Waals surface area contributed by atoms with Crippen LogP contribution in [0.5, 0.6) is 0 Å². The Morgan fingerprint density at radius 3 is 2.47 bits per heavy atom. The molecule has 19 heavy (non-hydrogen) atoms. The summed E-state index contributed by atoms with van der Waals surface area (Å²) in [6, 6.07) is 13.3. The number of hydrogen-bond donors (Lipinski definition) is 1. The molecule has 1 N–H and O–H groups in total. The average Bonchev–Trinajstić information content (AvgIpc) is 2.96. The first-order chi connectivity index (χ1) is 9.28. The fraction of sp³-hybridized carbons (Fsp3) is 0.412. The van der Waals surface area contributed by atoms with Crippen LogP contribution in [0.25, 0.3) is 0 Å². The third-order valence-electron chi connectivity index (χ3n) is 3.49. The van der Waals surface area contributed by atoms with E-state index in [1.54, 1.807) is 6.26 Å². The Labute approximate surface area is 115 Å². The zero-order valence-electron chi connectivity index (χ0n) is 11.9. The van der Waals surface area contributed by atoms with Gasteiger partial charge in [-0.3, -0.25) is 0 Å². The van der Waals surface area contributed by atoms with Crippen LogP contribution in [-0.4, -0.2) is 6.04 Å². The van der Waals surface area contributed by atoms with E-state index < -0.39 is 0 Å². The van der Waals surface area contributed by atoms with Gasteiger partial charge in [-0.2, -0.15) is 0 Å². The summed E-state index contributed by atoms with van der Waals surface area (Å²) in [5, 5.41) is 3.56. The summed E-state index contributed by atoms with van der Waals surface area (Å²) in [7, 11) is 0. The molecule has 1 heterocycles. The van der Waals surface area contributed by atoms with Crippen molar-refractivity contribution in [2.45, 2.75) is 45.7 Å². The molecule has 0 saturated carbocycles. The SMILES string of the molecule is CCc1ccc(CNC(C)CCc2ccco2)cc1. The topological polar surface area (TPSA) is 25.2 Å². The first-order valence-electron chi connectivity index (χ1n) is 7.11. The van der Waals surface area contributed by atoms with Crippen molar-refractivity contribution in [3.63, 3.8) is 0 Å². The molecule has 2 heteroatoms. The molecule has 2 rings (SSSR count). The van der Waals surface area contributed by atoms with Crippen LogP contribution < -0.4 is 5.32 Å². The van der Waals surface area contributed by atoms with Gasteiger partial charge < -0.3 is 9.73 Å². The summed E-state index contributed by atoms with van der Waals surface area (Å²) in [5.41, 5.74) is 2.75. The van der Waals surface area contributed by atoms with Gasteiger partial charge in [0.1, 0.15) is 5.76 Å². The molecular weight excluding hydrogens is 234 g/mol. The van der Waals surface area contributed by atoms with Crippen LogP contribution in [-0.2, 0) is 19.4 Å². The smallest absolute Gasteiger partial charge is 0.103 e. The molecule has 1 unspecified atom stereocenters. The molecule has 0 fully saturated rings. The Kier molecular flexibility index (Phi) is 5.22. The van der Waals surface area contributed by atoms with Crippen LogP contribution in [0.1, 0.15) is 37.2 Å². The lowest BCUT2D eigenvalue weighted by molar-refractivity contribution is 0.460. The summed E-state index contributed by atoms with van der Waals surface area (Å²) in [5.74, 6) is 1.07. The molecule has 0 spiro atoms. The maximum Gasteiger partial charge on any atom is 0.103 e. The van der Waals surface area contributed by atoms with Gasteiger partial charge in [-0.05, 0) is 43.0 Å². The van der Waals surface area contributed by atoms with Crippen LogP contribution in [0.4, 0.5) is 0 Å². The molecule has 0 aliphatic heterocycles. The maximum atomic E-state index is 5.34. The van der Waals surface area contributed by atoms with Crippen LogP contribution in [0.2, 0.25) is 0 Å². The fourth-order valence-corrected chi connectivity index (χ4v) is 2.10. The van der Waals surface area contributed by atoms with Crippen molar-refractivity contribution in [2.75, 3.05) is 0 Å². The highest BCUT2D eigenvalue weighted by Gasteiger charge is 2.04. The van der Waals surface area contributed by atoms with Crippen molar-refractivity contribution in [2.24, 2.45) is 0 Å². The highest BCUT2D eigenvalue weighted by molar-refractivity contribution is 5.22. The Morgan fingerprint density at radius 1 is 1.11 bits per heavy atom. The predicted molar refractivity (Wildman–Crippen MR) is 79.2 cm³/mol. The Balaban J connectivity index is 1.71. The average molecular weight is 257 g/mol. The minimum atomic E-state index is 0.496. The maximum absolute atomic E-state index is 5.34. The normalized spacial score (nSPS) is 12.5. The monoisotopic (exact) mass is 257 g/mol. The summed E-state index contributed by atoms with van der Waals surface area (Å²) in [6.45, 7) is 5.34. The van der Waals surface area contributed by atoms with Crippen molar-refractivity contribution in [3.8, 4) is 0 Å². The molecule has 2 aromatic rings. The number of furan rings is 1. The van der Waals surface area contributed by atoms with Crippen molar-refractivity contribution >= 4 is 0 Å². The minimum Gasteiger partial charge on any atom is -0.469 e. The molecule has 1 aromatic carbocycles. The van der Waals surface area contributed by atoms with Gasteiger partial charge in [-0.15, -0.1) is 0 Å². The van der Waals surface area contributed by atoms with Crippen molar-refractivity contribution < 1.29 is 4.42 Å². The Morgan fingerprint density at radius 2 is 1.84 bits per heavy atom. The summed E-state index contributed by atoms with van der Waals surface area (Å²) >= 11 is 0. The van der Waals surface area contributed by atoms with Gasteiger partial charge in [0.2, 0.25) is 0 Å².